The Bertz CT molecular complexity index is 1490. The Kier molecular flexibility index (Phi) is 6.93. The number of nitrogens with one attached hydrogen (secondary N) is 2. The van der Waals surface area contributed by atoms with Crippen LogP contribution in [0.4, 0.5) is 20.6 Å². The summed E-state index contributed by atoms with van der Waals surface area (Å²) in [6.45, 7) is 4.33. The topological polar surface area (TPSA) is 47.6 Å². The zero-order valence-electron chi connectivity index (χ0n) is 23.2. The Morgan fingerprint density at radius 1 is 1.07 bits per heavy atom. The number of fused-ring (bicyclic) bond motifs is 1. The molecule has 204 valence electrons. The second-order valence-corrected chi connectivity index (χ2v) is 11.1. The number of amides is 2. The van der Waals surface area contributed by atoms with E-state index < -0.39 is 0 Å². The predicted octanol–water partition coefficient (Wildman–Crippen LogP) is 7.56. The summed E-state index contributed by atoms with van der Waals surface area (Å²) in [5.41, 5.74) is 12.7. The standard InChI is InChI=1S/C34H35FN4O/c1-22-9-15-28(16-10-22)38(3)34(40)37-31(24-7-5-4-6-8-24)19-25-11-12-26-20-32-30(23(2)33(25)26)21-36-39(32)29-17-13-27(35)14-18-29/h4-10,13-18,20-21,23,25,31,36H,11-12,19H2,1-3H3,(H,37,40)/t23-,25+,31?/m0/s1. The first kappa shape index (κ1) is 25.9. The molecule has 6 rings (SSSR count). The smallest absolute Gasteiger partial charge is 0.322 e. The van der Waals surface area contributed by atoms with Gasteiger partial charge in [-0.3, -0.25) is 9.91 Å². The van der Waals surface area contributed by atoms with Crippen molar-refractivity contribution in [2.24, 2.45) is 11.8 Å². The molecule has 0 fully saturated rings. The highest BCUT2D eigenvalue weighted by atomic mass is 19.1. The highest BCUT2D eigenvalue weighted by Gasteiger charge is 2.39. The first-order chi connectivity index (χ1) is 19.4. The minimum atomic E-state index is -0.240. The number of carbonyl (C=O) groups excluding carboxylic acids is 1. The number of anilines is 2. The third kappa shape index (κ3) is 4.90. The molecule has 1 unspecified atom stereocenters. The molecule has 2 amide bonds. The molecule has 40 heavy (non-hydrogen) atoms. The maximum absolute atomic E-state index is 13.5. The van der Waals surface area contributed by atoms with Crippen molar-refractivity contribution in [2.75, 3.05) is 17.0 Å². The van der Waals surface area contributed by atoms with Gasteiger partial charge in [-0.25, -0.2) is 9.18 Å². The van der Waals surface area contributed by atoms with Crippen molar-refractivity contribution in [2.45, 2.75) is 39.2 Å². The van der Waals surface area contributed by atoms with Crippen LogP contribution in [0.2, 0.25) is 0 Å². The molecule has 0 spiro atoms. The maximum Gasteiger partial charge on any atom is 0.322 e. The van der Waals surface area contributed by atoms with Crippen LogP contribution in [-0.2, 0) is 0 Å². The lowest BCUT2D eigenvalue weighted by Crippen LogP contribution is -2.40. The maximum atomic E-state index is 13.5. The number of carbonyl (C=O) groups is 1. The van der Waals surface area contributed by atoms with Gasteiger partial charge in [0.25, 0.3) is 0 Å². The summed E-state index contributed by atoms with van der Waals surface area (Å²) < 4.78 is 13.5. The van der Waals surface area contributed by atoms with E-state index >= 15 is 0 Å². The van der Waals surface area contributed by atoms with Crippen LogP contribution < -0.4 is 20.7 Å². The molecular weight excluding hydrogens is 499 g/mol. The average Bonchev–Trinajstić information content (AvgIpc) is 3.58. The second kappa shape index (κ2) is 10.7. The average molecular weight is 535 g/mol. The lowest BCUT2D eigenvalue weighted by Gasteiger charge is -2.32. The van der Waals surface area contributed by atoms with E-state index in [2.05, 4.69) is 42.1 Å². The molecule has 1 heterocycles. The van der Waals surface area contributed by atoms with Crippen LogP contribution >= 0.6 is 0 Å². The largest absolute Gasteiger partial charge is 0.331 e. The van der Waals surface area contributed by atoms with Crippen LogP contribution in [0, 0.1) is 24.6 Å². The number of halogens is 1. The van der Waals surface area contributed by atoms with Gasteiger partial charge in [-0.15, -0.1) is 0 Å². The number of hydrogen-bond donors (Lipinski definition) is 2. The van der Waals surface area contributed by atoms with Gasteiger partial charge in [-0.05, 0) is 85.7 Å². The fraction of sp³-hybridized carbons (Fsp3) is 0.265. The van der Waals surface area contributed by atoms with E-state index in [-0.39, 0.29) is 23.8 Å². The minimum absolute atomic E-state index is 0.109. The molecule has 0 radical (unpaired) electrons. The van der Waals surface area contributed by atoms with Gasteiger partial charge in [0.15, 0.2) is 0 Å². The van der Waals surface area contributed by atoms with Gasteiger partial charge in [0, 0.05) is 30.4 Å². The molecule has 3 atom stereocenters. The van der Waals surface area contributed by atoms with Gasteiger partial charge in [0.1, 0.15) is 5.82 Å². The zero-order chi connectivity index (χ0) is 27.8. The SMILES string of the molecule is Cc1ccc(N(C)C(=O)NC(C[C@H]2CCC3=C2[C@@H](C)C2=CNN(c4ccc(F)cc4)C2=C3)c2ccccc2)cc1. The number of urea groups is 1. The quantitative estimate of drug-likeness (QED) is 0.343. The number of aryl methyl sites for hydroxylation is 1. The van der Waals surface area contributed by atoms with Gasteiger partial charge < -0.3 is 10.7 Å². The Balaban J connectivity index is 1.25. The fourth-order valence-corrected chi connectivity index (χ4v) is 6.34. The number of hydrazine groups is 1. The molecule has 0 saturated carbocycles. The van der Waals surface area contributed by atoms with Crippen LogP contribution in [0.1, 0.15) is 43.4 Å². The molecule has 1 aliphatic heterocycles. The number of benzene rings is 3. The highest BCUT2D eigenvalue weighted by Crippen LogP contribution is 2.49. The highest BCUT2D eigenvalue weighted by molar-refractivity contribution is 5.91. The van der Waals surface area contributed by atoms with Gasteiger partial charge in [0.2, 0.25) is 0 Å². The molecule has 0 aromatic heterocycles. The van der Waals surface area contributed by atoms with Gasteiger partial charge in [-0.2, -0.15) is 0 Å². The van der Waals surface area contributed by atoms with Gasteiger partial charge in [0.05, 0.1) is 17.4 Å². The summed E-state index contributed by atoms with van der Waals surface area (Å²) in [4.78, 5) is 15.1. The molecule has 3 aliphatic rings. The number of allylic oxidation sites excluding steroid dienone is 4. The molecule has 2 N–H and O–H groups in total. The lowest BCUT2D eigenvalue weighted by atomic mass is 9.78. The van der Waals surface area contributed by atoms with Crippen molar-refractivity contribution in [1.82, 2.24) is 10.7 Å². The van der Waals surface area contributed by atoms with Gasteiger partial charge >= 0.3 is 6.03 Å². The third-order valence-electron chi connectivity index (χ3n) is 8.53. The summed E-state index contributed by atoms with van der Waals surface area (Å²) in [6.07, 6.45) is 7.28. The fourth-order valence-electron chi connectivity index (χ4n) is 6.34. The van der Waals surface area contributed by atoms with Crippen molar-refractivity contribution in [3.8, 4) is 0 Å². The van der Waals surface area contributed by atoms with Gasteiger partial charge in [-0.1, -0.05) is 60.5 Å². The number of rotatable bonds is 6. The summed E-state index contributed by atoms with van der Waals surface area (Å²) in [6, 6.07) is 24.7. The molecule has 0 saturated heterocycles. The zero-order valence-corrected chi connectivity index (χ0v) is 23.2. The van der Waals surface area contributed by atoms with E-state index in [0.29, 0.717) is 5.92 Å². The molecule has 3 aromatic rings. The van der Waals surface area contributed by atoms with Crippen LogP contribution in [-0.4, -0.2) is 13.1 Å². The van der Waals surface area contributed by atoms with E-state index in [9.17, 15) is 9.18 Å². The molecule has 5 nitrogen and oxygen atoms in total. The molecular formula is C34H35FN4O. The molecule has 2 aliphatic carbocycles. The van der Waals surface area contributed by atoms with E-state index in [1.807, 2.05) is 61.4 Å². The molecule has 3 aromatic carbocycles. The first-order valence-corrected chi connectivity index (χ1v) is 14.0. The number of nitrogens with zero attached hydrogens (tertiary/aromatic N) is 2. The van der Waals surface area contributed by atoms with Crippen molar-refractivity contribution < 1.29 is 9.18 Å². The van der Waals surface area contributed by atoms with E-state index in [0.717, 1.165) is 47.5 Å². The van der Waals surface area contributed by atoms with Crippen LogP contribution in [0.5, 0.6) is 0 Å². The Morgan fingerprint density at radius 3 is 2.52 bits per heavy atom. The van der Waals surface area contributed by atoms with Crippen molar-refractivity contribution >= 4 is 17.4 Å². The van der Waals surface area contributed by atoms with Crippen molar-refractivity contribution in [3.05, 3.63) is 130 Å². The van der Waals surface area contributed by atoms with Crippen LogP contribution in [0.3, 0.4) is 0 Å². The third-order valence-corrected chi connectivity index (χ3v) is 8.53. The van der Waals surface area contributed by atoms with E-state index in [4.69, 9.17) is 0 Å². The Morgan fingerprint density at radius 2 is 1.80 bits per heavy atom. The van der Waals surface area contributed by atoms with Crippen molar-refractivity contribution in [1.29, 1.82) is 0 Å². The van der Waals surface area contributed by atoms with Crippen LogP contribution in [0.15, 0.2) is 114 Å². The second-order valence-electron chi connectivity index (χ2n) is 11.1. The van der Waals surface area contributed by atoms with Crippen LogP contribution in [0.25, 0.3) is 0 Å². The summed E-state index contributed by atoms with van der Waals surface area (Å²) in [5, 5.41) is 5.38. The Hall–Kier alpha value is -4.32. The normalized spacial score (nSPS) is 20.2. The summed E-state index contributed by atoms with van der Waals surface area (Å²) in [7, 11) is 1.82. The number of hydrogen-bond acceptors (Lipinski definition) is 3. The predicted molar refractivity (Wildman–Crippen MR) is 159 cm³/mol. The summed E-state index contributed by atoms with van der Waals surface area (Å²) in [5.74, 6) is 0.373. The Labute approximate surface area is 235 Å². The minimum Gasteiger partial charge on any atom is -0.331 e. The lowest BCUT2D eigenvalue weighted by molar-refractivity contribution is 0.241. The first-order valence-electron chi connectivity index (χ1n) is 14.0. The summed E-state index contributed by atoms with van der Waals surface area (Å²) >= 11 is 0. The van der Waals surface area contributed by atoms with E-state index in [1.54, 1.807) is 17.0 Å². The van der Waals surface area contributed by atoms with Crippen molar-refractivity contribution in [3.63, 3.8) is 0 Å². The molecule has 0 bridgehead atoms. The molecule has 6 heteroatoms. The van der Waals surface area contributed by atoms with E-state index in [1.165, 1.54) is 28.9 Å². The monoisotopic (exact) mass is 534 g/mol.